The Balaban J connectivity index is 0.00000320. The van der Waals surface area contributed by atoms with Gasteiger partial charge in [-0.15, -0.1) is 24.0 Å². The number of nitrogens with zero attached hydrogens (tertiary/aromatic N) is 3. The van der Waals surface area contributed by atoms with Crippen molar-refractivity contribution in [1.29, 1.82) is 0 Å². The maximum absolute atomic E-state index is 12.1. The van der Waals surface area contributed by atoms with Gasteiger partial charge in [-0.3, -0.25) is 9.79 Å². The van der Waals surface area contributed by atoms with E-state index in [1.54, 1.807) is 13.1 Å². The van der Waals surface area contributed by atoms with Gasteiger partial charge >= 0.3 is 0 Å². The standard InChI is InChI=1S/C22H29N5O2.HI/c1-23-22(24-12-11-21(29)25-17-18-7-3-2-4-8-18)27-15-13-26(14-16-27)19-9-5-6-10-20(19)28;/h2-10,28H,11-17H2,1H3,(H,23,24)(H,25,29);1H. The lowest BCUT2D eigenvalue weighted by Gasteiger charge is -2.37. The third-order valence-corrected chi connectivity index (χ3v) is 4.98. The fourth-order valence-corrected chi connectivity index (χ4v) is 3.40. The van der Waals surface area contributed by atoms with E-state index in [0.29, 0.717) is 25.3 Å². The first-order valence-electron chi connectivity index (χ1n) is 9.96. The number of carbonyl (C=O) groups is 1. The van der Waals surface area contributed by atoms with Crippen LogP contribution in [0.1, 0.15) is 12.0 Å². The Morgan fingerprint density at radius 2 is 1.67 bits per heavy atom. The minimum absolute atomic E-state index is 0. The third-order valence-electron chi connectivity index (χ3n) is 4.98. The van der Waals surface area contributed by atoms with Crippen LogP contribution in [0.4, 0.5) is 5.69 Å². The number of rotatable bonds is 6. The maximum Gasteiger partial charge on any atom is 0.222 e. The second-order valence-corrected chi connectivity index (χ2v) is 6.95. The average Bonchev–Trinajstić information content (AvgIpc) is 2.77. The Kier molecular flexibility index (Phi) is 9.72. The van der Waals surface area contributed by atoms with Crippen LogP contribution in [0.25, 0.3) is 0 Å². The number of carbonyl (C=O) groups excluding carboxylic acids is 1. The summed E-state index contributed by atoms with van der Waals surface area (Å²) >= 11 is 0. The van der Waals surface area contributed by atoms with E-state index in [-0.39, 0.29) is 29.9 Å². The molecule has 1 aliphatic heterocycles. The molecule has 1 amide bonds. The van der Waals surface area contributed by atoms with Crippen LogP contribution in [-0.4, -0.2) is 61.6 Å². The first-order valence-corrected chi connectivity index (χ1v) is 9.96. The van der Waals surface area contributed by atoms with E-state index in [1.807, 2.05) is 48.5 Å². The molecule has 162 valence electrons. The lowest BCUT2D eigenvalue weighted by molar-refractivity contribution is -0.121. The van der Waals surface area contributed by atoms with Crippen molar-refractivity contribution in [1.82, 2.24) is 15.5 Å². The van der Waals surface area contributed by atoms with E-state index < -0.39 is 0 Å². The van der Waals surface area contributed by atoms with E-state index in [1.165, 1.54) is 0 Å². The number of anilines is 1. The molecule has 2 aromatic carbocycles. The summed E-state index contributed by atoms with van der Waals surface area (Å²) in [5.74, 6) is 1.13. The van der Waals surface area contributed by atoms with Crippen molar-refractivity contribution in [2.45, 2.75) is 13.0 Å². The number of amides is 1. The molecule has 1 saturated heterocycles. The Hall–Kier alpha value is -2.49. The second-order valence-electron chi connectivity index (χ2n) is 6.95. The number of hydrogen-bond donors (Lipinski definition) is 3. The first-order chi connectivity index (χ1) is 14.2. The van der Waals surface area contributed by atoms with Crippen LogP contribution in [0, 0.1) is 0 Å². The van der Waals surface area contributed by atoms with Crippen LogP contribution >= 0.6 is 24.0 Å². The molecule has 8 heteroatoms. The predicted octanol–water partition coefficient (Wildman–Crippen LogP) is 2.41. The van der Waals surface area contributed by atoms with Crippen molar-refractivity contribution in [3.63, 3.8) is 0 Å². The molecule has 3 N–H and O–H groups in total. The van der Waals surface area contributed by atoms with Crippen molar-refractivity contribution in [3.05, 3.63) is 60.2 Å². The van der Waals surface area contributed by atoms with Gasteiger partial charge in [-0.1, -0.05) is 42.5 Å². The lowest BCUT2D eigenvalue weighted by atomic mass is 10.2. The summed E-state index contributed by atoms with van der Waals surface area (Å²) in [6, 6.07) is 17.3. The van der Waals surface area contributed by atoms with Crippen molar-refractivity contribution < 1.29 is 9.90 Å². The first kappa shape index (κ1) is 23.8. The zero-order valence-electron chi connectivity index (χ0n) is 17.3. The fourth-order valence-electron chi connectivity index (χ4n) is 3.40. The molecule has 0 atom stereocenters. The Labute approximate surface area is 195 Å². The number of benzene rings is 2. The van der Waals surface area contributed by atoms with Crippen LogP contribution < -0.4 is 15.5 Å². The largest absolute Gasteiger partial charge is 0.506 e. The van der Waals surface area contributed by atoms with Gasteiger partial charge in [0.2, 0.25) is 5.91 Å². The average molecular weight is 523 g/mol. The normalized spacial score (nSPS) is 14.1. The smallest absolute Gasteiger partial charge is 0.222 e. The van der Waals surface area contributed by atoms with Crippen LogP contribution in [0.5, 0.6) is 5.75 Å². The molecule has 1 aliphatic rings. The highest BCUT2D eigenvalue weighted by Crippen LogP contribution is 2.27. The summed E-state index contributed by atoms with van der Waals surface area (Å²) in [6.07, 6.45) is 0.393. The Bertz CT molecular complexity index is 823. The topological polar surface area (TPSA) is 80.2 Å². The predicted molar refractivity (Wildman–Crippen MR) is 132 cm³/mol. The molecule has 0 bridgehead atoms. The number of aromatic hydroxyl groups is 1. The summed E-state index contributed by atoms with van der Waals surface area (Å²) in [4.78, 5) is 20.8. The van der Waals surface area contributed by atoms with Gasteiger partial charge in [0, 0.05) is 52.7 Å². The Morgan fingerprint density at radius 1 is 1.00 bits per heavy atom. The molecular weight excluding hydrogens is 493 g/mol. The highest BCUT2D eigenvalue weighted by atomic mass is 127. The molecular formula is C22H30IN5O2. The number of guanidine groups is 1. The van der Waals surface area contributed by atoms with Crippen LogP contribution in [0.2, 0.25) is 0 Å². The highest BCUT2D eigenvalue weighted by Gasteiger charge is 2.21. The van der Waals surface area contributed by atoms with E-state index in [0.717, 1.165) is 43.4 Å². The zero-order valence-corrected chi connectivity index (χ0v) is 19.6. The van der Waals surface area contributed by atoms with Gasteiger partial charge in [0.15, 0.2) is 5.96 Å². The molecule has 0 saturated carbocycles. The molecule has 1 heterocycles. The number of hydrogen-bond acceptors (Lipinski definition) is 4. The molecule has 0 spiro atoms. The monoisotopic (exact) mass is 523 g/mol. The molecule has 0 aliphatic carbocycles. The van der Waals surface area contributed by atoms with Gasteiger partial charge in [0.05, 0.1) is 5.69 Å². The van der Waals surface area contributed by atoms with E-state index in [4.69, 9.17) is 0 Å². The highest BCUT2D eigenvalue weighted by molar-refractivity contribution is 14.0. The van der Waals surface area contributed by atoms with E-state index >= 15 is 0 Å². The fraction of sp³-hybridized carbons (Fsp3) is 0.364. The zero-order chi connectivity index (χ0) is 20.5. The van der Waals surface area contributed by atoms with Gasteiger partial charge in [0.1, 0.15) is 5.75 Å². The van der Waals surface area contributed by atoms with Crippen molar-refractivity contribution in [3.8, 4) is 5.75 Å². The third kappa shape index (κ3) is 6.79. The number of halogens is 1. The second kappa shape index (κ2) is 12.3. The van der Waals surface area contributed by atoms with Crippen LogP contribution in [0.15, 0.2) is 59.6 Å². The van der Waals surface area contributed by atoms with Gasteiger partial charge in [-0.25, -0.2) is 0 Å². The number of piperazine rings is 1. The number of nitrogens with one attached hydrogen (secondary N) is 2. The van der Waals surface area contributed by atoms with Crippen LogP contribution in [0.3, 0.4) is 0 Å². The summed E-state index contributed by atoms with van der Waals surface area (Å²) in [7, 11) is 1.76. The lowest BCUT2D eigenvalue weighted by Crippen LogP contribution is -2.52. The molecule has 3 rings (SSSR count). The van der Waals surface area contributed by atoms with Gasteiger partial charge in [0.25, 0.3) is 0 Å². The quantitative estimate of drug-likeness (QED) is 0.308. The molecule has 2 aromatic rings. The van der Waals surface area contributed by atoms with Gasteiger partial charge in [-0.2, -0.15) is 0 Å². The molecule has 7 nitrogen and oxygen atoms in total. The molecule has 1 fully saturated rings. The minimum atomic E-state index is 0. The van der Waals surface area contributed by atoms with E-state index in [9.17, 15) is 9.90 Å². The number of para-hydroxylation sites is 2. The molecule has 0 aromatic heterocycles. The van der Waals surface area contributed by atoms with Crippen molar-refractivity contribution >= 4 is 41.5 Å². The van der Waals surface area contributed by atoms with Crippen molar-refractivity contribution in [2.24, 2.45) is 4.99 Å². The van der Waals surface area contributed by atoms with E-state index in [2.05, 4.69) is 25.4 Å². The number of aliphatic imine (C=N–C) groups is 1. The summed E-state index contributed by atoms with van der Waals surface area (Å²) < 4.78 is 0. The molecule has 0 unspecified atom stereocenters. The summed E-state index contributed by atoms with van der Waals surface area (Å²) in [5, 5.41) is 16.3. The van der Waals surface area contributed by atoms with Crippen molar-refractivity contribution in [2.75, 3.05) is 44.7 Å². The van der Waals surface area contributed by atoms with Crippen LogP contribution in [-0.2, 0) is 11.3 Å². The van der Waals surface area contributed by atoms with Gasteiger partial charge in [-0.05, 0) is 17.7 Å². The maximum atomic E-state index is 12.1. The van der Waals surface area contributed by atoms with Gasteiger partial charge < -0.3 is 25.5 Å². The summed E-state index contributed by atoms with van der Waals surface area (Å²) in [5.41, 5.74) is 1.96. The summed E-state index contributed by atoms with van der Waals surface area (Å²) in [6.45, 7) is 4.28. The molecule has 0 radical (unpaired) electrons. The molecule has 30 heavy (non-hydrogen) atoms. The SMILES string of the molecule is CN=C(NCCC(=O)NCc1ccccc1)N1CCN(c2ccccc2O)CC1.I. The number of phenolic OH excluding ortho intramolecular Hbond substituents is 1. The minimum Gasteiger partial charge on any atom is -0.506 e. The Morgan fingerprint density at radius 3 is 2.33 bits per heavy atom. The number of phenols is 1.